The van der Waals surface area contributed by atoms with E-state index in [4.69, 9.17) is 4.42 Å². The Morgan fingerprint density at radius 3 is 2.06 bits per heavy atom. The first-order valence-electron chi connectivity index (χ1n) is 11.7. The molecule has 6 aromatic rings. The van der Waals surface area contributed by atoms with Crippen LogP contribution in [0.1, 0.15) is 0 Å². The second-order valence-corrected chi connectivity index (χ2v) is 14.4. The molecular weight excluding hydrogens is 637 g/mol. The Morgan fingerprint density at radius 2 is 1.42 bits per heavy atom. The van der Waals surface area contributed by atoms with Gasteiger partial charge in [-0.3, -0.25) is 0 Å². The first-order valence-corrected chi connectivity index (χ1v) is 15.2. The predicted octanol–water partition coefficient (Wildman–Crippen LogP) is 7.54. The van der Waals surface area contributed by atoms with E-state index in [2.05, 4.69) is 66.0 Å². The second-order valence-electron chi connectivity index (χ2n) is 9.33. The minimum absolute atomic E-state index is 0. The summed E-state index contributed by atoms with van der Waals surface area (Å²) in [5, 5.41) is 3.86. The molecular formula is C31H26IrN2OSi-2. The van der Waals surface area contributed by atoms with Crippen LogP contribution in [0.2, 0.25) is 19.6 Å². The summed E-state index contributed by atoms with van der Waals surface area (Å²) in [7, 11) is -1.46. The molecule has 0 saturated heterocycles. The monoisotopic (exact) mass is 663 g/mol. The van der Waals surface area contributed by atoms with Gasteiger partial charge in [-0.25, -0.2) is 0 Å². The van der Waals surface area contributed by atoms with Crippen LogP contribution >= 0.6 is 0 Å². The average Bonchev–Trinajstić information content (AvgIpc) is 3.29. The number of benzene rings is 3. The van der Waals surface area contributed by atoms with Crippen molar-refractivity contribution in [1.29, 1.82) is 0 Å². The number of pyridine rings is 2. The summed E-state index contributed by atoms with van der Waals surface area (Å²) in [6.07, 6.45) is 3.59. The van der Waals surface area contributed by atoms with Crippen LogP contribution in [0.15, 0.2) is 108 Å². The largest absolute Gasteiger partial charge is 0.501 e. The average molecular weight is 663 g/mol. The number of fused-ring (bicyclic) bond motifs is 3. The minimum atomic E-state index is -1.46. The van der Waals surface area contributed by atoms with Gasteiger partial charge in [0.1, 0.15) is 5.58 Å². The van der Waals surface area contributed by atoms with E-state index in [1.54, 1.807) is 12.4 Å². The van der Waals surface area contributed by atoms with Gasteiger partial charge in [0.15, 0.2) is 0 Å². The first kappa shape index (κ1) is 25.7. The molecule has 36 heavy (non-hydrogen) atoms. The fourth-order valence-corrected chi connectivity index (χ4v) is 5.80. The molecule has 0 fully saturated rings. The van der Waals surface area contributed by atoms with Crippen LogP contribution in [0.4, 0.5) is 0 Å². The summed E-state index contributed by atoms with van der Waals surface area (Å²) in [6.45, 7) is 7.11. The molecule has 1 radical (unpaired) electrons. The van der Waals surface area contributed by atoms with E-state index < -0.39 is 8.07 Å². The topological polar surface area (TPSA) is 38.9 Å². The molecule has 6 rings (SSSR count). The molecule has 3 aromatic heterocycles. The van der Waals surface area contributed by atoms with Gasteiger partial charge < -0.3 is 14.4 Å². The molecule has 3 aromatic carbocycles. The van der Waals surface area contributed by atoms with Crippen molar-refractivity contribution in [2.75, 3.05) is 0 Å². The Hall–Kier alpha value is -3.37. The van der Waals surface area contributed by atoms with Crippen LogP contribution in [0.25, 0.3) is 44.5 Å². The molecule has 0 N–H and O–H groups in total. The van der Waals surface area contributed by atoms with Gasteiger partial charge in [0.2, 0.25) is 0 Å². The zero-order chi connectivity index (χ0) is 24.3. The maximum Gasteiger partial charge on any atom is 0.120 e. The molecule has 0 spiro atoms. The molecule has 0 aliphatic carbocycles. The van der Waals surface area contributed by atoms with Crippen molar-refractivity contribution in [3.8, 4) is 22.5 Å². The number of nitrogens with zero attached hydrogens (tertiary/aromatic N) is 2. The van der Waals surface area contributed by atoms with Crippen molar-refractivity contribution in [2.24, 2.45) is 0 Å². The van der Waals surface area contributed by atoms with Gasteiger partial charge in [-0.1, -0.05) is 72.2 Å². The molecule has 0 aliphatic heterocycles. The molecule has 5 heteroatoms. The standard InChI is InChI=1S/C20H18NOSi.C11H8N.Ir/c1-23(2,3)18-12-7-11-17-19(18)15-9-6-8-14(20(15)22-17)16-10-4-5-13-21-16;1-2-6-10(7-3-1)11-8-4-5-9-12-11;/h4-7,9-13H,1-3H3;1-6,8-9H;/q2*-1;. The van der Waals surface area contributed by atoms with E-state index in [9.17, 15) is 0 Å². The van der Waals surface area contributed by atoms with E-state index in [0.29, 0.717) is 0 Å². The van der Waals surface area contributed by atoms with Crippen LogP contribution in [0, 0.1) is 12.1 Å². The zero-order valence-electron chi connectivity index (χ0n) is 20.5. The number of hydrogen-bond donors (Lipinski definition) is 0. The van der Waals surface area contributed by atoms with E-state index in [1.807, 2.05) is 66.7 Å². The third-order valence-electron chi connectivity index (χ3n) is 5.84. The van der Waals surface area contributed by atoms with Gasteiger partial charge >= 0.3 is 0 Å². The van der Waals surface area contributed by atoms with Gasteiger partial charge in [-0.05, 0) is 29.6 Å². The number of hydrogen-bond acceptors (Lipinski definition) is 3. The quantitative estimate of drug-likeness (QED) is 0.145. The SMILES string of the molecule is C[Si](C)(C)c1cccc2oc3c(-c4ccccn4)[c-]ccc3c12.[Ir].[c-]1ccccc1-c1ccccn1. The molecule has 0 bridgehead atoms. The molecule has 0 aliphatic rings. The van der Waals surface area contributed by atoms with Crippen molar-refractivity contribution in [1.82, 2.24) is 9.97 Å². The Kier molecular flexibility index (Phi) is 7.95. The maximum absolute atomic E-state index is 6.22. The summed E-state index contributed by atoms with van der Waals surface area (Å²) < 4.78 is 6.22. The second kappa shape index (κ2) is 11.1. The molecule has 0 atom stereocenters. The van der Waals surface area contributed by atoms with E-state index in [-0.39, 0.29) is 20.1 Å². The van der Waals surface area contributed by atoms with Crippen molar-refractivity contribution >= 4 is 35.2 Å². The summed E-state index contributed by atoms with van der Waals surface area (Å²) >= 11 is 0. The predicted molar refractivity (Wildman–Crippen MR) is 147 cm³/mol. The Balaban J connectivity index is 0.000000198. The van der Waals surface area contributed by atoms with Crippen LogP contribution < -0.4 is 5.19 Å². The van der Waals surface area contributed by atoms with E-state index in [1.165, 1.54) is 10.6 Å². The van der Waals surface area contributed by atoms with Crippen LogP contribution in [0.3, 0.4) is 0 Å². The third-order valence-corrected chi connectivity index (χ3v) is 7.87. The normalized spacial score (nSPS) is 11.0. The minimum Gasteiger partial charge on any atom is -0.501 e. The maximum atomic E-state index is 6.22. The molecule has 3 nitrogen and oxygen atoms in total. The van der Waals surface area contributed by atoms with Crippen LogP contribution in [-0.4, -0.2) is 18.0 Å². The fraction of sp³-hybridized carbons (Fsp3) is 0.0968. The molecule has 181 valence electrons. The van der Waals surface area contributed by atoms with Crippen LogP contribution in [0.5, 0.6) is 0 Å². The molecule has 0 amide bonds. The Morgan fingerprint density at radius 1 is 0.694 bits per heavy atom. The van der Waals surface area contributed by atoms with Crippen molar-refractivity contribution in [2.45, 2.75) is 19.6 Å². The van der Waals surface area contributed by atoms with Crippen molar-refractivity contribution in [3.05, 3.63) is 116 Å². The van der Waals surface area contributed by atoms with E-state index in [0.717, 1.165) is 39.1 Å². The summed E-state index contributed by atoms with van der Waals surface area (Å²) in [5.41, 5.74) is 5.67. The first-order chi connectivity index (χ1) is 17.0. The van der Waals surface area contributed by atoms with Gasteiger partial charge in [-0.15, -0.1) is 54.1 Å². The van der Waals surface area contributed by atoms with Gasteiger partial charge in [-0.2, -0.15) is 0 Å². The van der Waals surface area contributed by atoms with Crippen molar-refractivity contribution in [3.63, 3.8) is 0 Å². The third kappa shape index (κ3) is 5.39. The summed E-state index contributed by atoms with van der Waals surface area (Å²) in [6, 6.07) is 36.5. The fourth-order valence-electron chi connectivity index (χ4n) is 4.19. The number of aromatic nitrogens is 2. The number of rotatable bonds is 3. The smallest absolute Gasteiger partial charge is 0.120 e. The van der Waals surface area contributed by atoms with Gasteiger partial charge in [0, 0.05) is 37.9 Å². The number of furan rings is 1. The van der Waals surface area contributed by atoms with Crippen LogP contribution in [-0.2, 0) is 20.1 Å². The summed E-state index contributed by atoms with van der Waals surface area (Å²) in [4.78, 5) is 8.68. The Labute approximate surface area is 226 Å². The van der Waals surface area contributed by atoms with Crippen molar-refractivity contribution < 1.29 is 24.5 Å². The molecule has 3 heterocycles. The Bertz CT molecular complexity index is 1520. The van der Waals surface area contributed by atoms with Gasteiger partial charge in [0.25, 0.3) is 0 Å². The molecule has 0 unspecified atom stereocenters. The van der Waals surface area contributed by atoms with E-state index >= 15 is 0 Å². The summed E-state index contributed by atoms with van der Waals surface area (Å²) in [5.74, 6) is 0. The van der Waals surface area contributed by atoms with Gasteiger partial charge in [0.05, 0.1) is 13.7 Å². The zero-order valence-corrected chi connectivity index (χ0v) is 23.8. The molecule has 0 saturated carbocycles.